The third-order valence-electron chi connectivity index (χ3n) is 1.54. The van der Waals surface area contributed by atoms with Crippen LogP contribution in [-0.2, 0) is 4.79 Å². The molecule has 0 rings (SSSR count). The van der Waals surface area contributed by atoms with Crippen LogP contribution in [0.4, 0.5) is 4.79 Å². The molecule has 0 unspecified atom stereocenters. The van der Waals surface area contributed by atoms with E-state index >= 15 is 0 Å². The maximum Gasteiger partial charge on any atom is 0.315 e. The van der Waals surface area contributed by atoms with E-state index in [2.05, 4.69) is 16.0 Å². The van der Waals surface area contributed by atoms with Gasteiger partial charge in [0.25, 0.3) is 0 Å². The number of hydrogen-bond acceptors (Lipinski definition) is 2. The van der Waals surface area contributed by atoms with Crippen molar-refractivity contribution in [1.29, 1.82) is 0 Å². The molecule has 5 nitrogen and oxygen atoms in total. The van der Waals surface area contributed by atoms with Gasteiger partial charge in [-0.15, -0.1) is 0 Å². The summed E-state index contributed by atoms with van der Waals surface area (Å²) in [6.07, 6.45) is 0. The lowest BCUT2D eigenvalue weighted by Gasteiger charge is -2.11. The number of rotatable bonds is 5. The van der Waals surface area contributed by atoms with Gasteiger partial charge < -0.3 is 16.0 Å². The molecule has 3 amide bonds. The van der Waals surface area contributed by atoms with Crippen molar-refractivity contribution in [2.45, 2.75) is 33.7 Å². The molecule has 0 saturated heterocycles. The maximum atomic E-state index is 11.2. The predicted molar refractivity (Wildman–Crippen MR) is 59.5 cm³/mol. The Bertz CT molecular complexity index is 215. The first kappa shape index (κ1) is 13.7. The topological polar surface area (TPSA) is 70.2 Å². The van der Waals surface area contributed by atoms with Gasteiger partial charge in [0.1, 0.15) is 0 Å². The second kappa shape index (κ2) is 7.09. The van der Waals surface area contributed by atoms with Crippen LogP contribution >= 0.6 is 0 Å². The molecule has 0 atom stereocenters. The van der Waals surface area contributed by atoms with Gasteiger partial charge in [-0.3, -0.25) is 4.79 Å². The Balaban J connectivity index is 3.58. The summed E-state index contributed by atoms with van der Waals surface area (Å²) in [6.45, 7) is 8.40. The Morgan fingerprint density at radius 1 is 1.07 bits per heavy atom. The SMILES string of the molecule is CC(C)CNC(=O)CNC(=O)NC(C)C. The smallest absolute Gasteiger partial charge is 0.315 e. The molecular formula is C10H21N3O2. The first-order valence-corrected chi connectivity index (χ1v) is 5.23. The Morgan fingerprint density at radius 2 is 1.67 bits per heavy atom. The molecule has 5 heteroatoms. The molecule has 0 aromatic rings. The van der Waals surface area contributed by atoms with Gasteiger partial charge >= 0.3 is 6.03 Å². The quantitative estimate of drug-likeness (QED) is 0.624. The third kappa shape index (κ3) is 9.05. The molecule has 0 aliphatic heterocycles. The van der Waals surface area contributed by atoms with Crippen molar-refractivity contribution in [2.75, 3.05) is 13.1 Å². The van der Waals surface area contributed by atoms with E-state index in [1.807, 2.05) is 27.7 Å². The fourth-order valence-corrected chi connectivity index (χ4v) is 0.854. The molecule has 0 heterocycles. The maximum absolute atomic E-state index is 11.2. The van der Waals surface area contributed by atoms with Crippen LogP contribution in [0.25, 0.3) is 0 Å². The molecule has 0 aromatic carbocycles. The lowest BCUT2D eigenvalue weighted by molar-refractivity contribution is -0.120. The summed E-state index contributed by atoms with van der Waals surface area (Å²) in [5.74, 6) is 0.251. The van der Waals surface area contributed by atoms with Crippen LogP contribution in [-0.4, -0.2) is 31.1 Å². The summed E-state index contributed by atoms with van der Waals surface area (Å²) in [5, 5.41) is 7.82. The average Bonchev–Trinajstić information content (AvgIpc) is 2.10. The minimum absolute atomic E-state index is 0.0191. The van der Waals surface area contributed by atoms with E-state index in [-0.39, 0.29) is 24.5 Å². The Morgan fingerprint density at radius 3 is 2.13 bits per heavy atom. The van der Waals surface area contributed by atoms with Gasteiger partial charge in [0.15, 0.2) is 0 Å². The van der Waals surface area contributed by atoms with Crippen molar-refractivity contribution >= 4 is 11.9 Å². The zero-order valence-electron chi connectivity index (χ0n) is 9.89. The minimum Gasteiger partial charge on any atom is -0.354 e. The van der Waals surface area contributed by atoms with E-state index in [1.165, 1.54) is 0 Å². The number of carbonyl (C=O) groups excluding carboxylic acids is 2. The van der Waals surface area contributed by atoms with Crippen molar-refractivity contribution in [1.82, 2.24) is 16.0 Å². The van der Waals surface area contributed by atoms with Gasteiger partial charge in [-0.05, 0) is 19.8 Å². The molecule has 0 fully saturated rings. The summed E-state index contributed by atoms with van der Waals surface area (Å²) >= 11 is 0. The molecule has 88 valence electrons. The van der Waals surface area contributed by atoms with Gasteiger partial charge in [-0.2, -0.15) is 0 Å². The molecular weight excluding hydrogens is 194 g/mol. The van der Waals surface area contributed by atoms with Crippen molar-refractivity contribution in [3.05, 3.63) is 0 Å². The van der Waals surface area contributed by atoms with Gasteiger partial charge in [-0.1, -0.05) is 13.8 Å². The number of nitrogens with one attached hydrogen (secondary N) is 3. The predicted octanol–water partition coefficient (Wildman–Crippen LogP) is 0.466. The Labute approximate surface area is 91.0 Å². The van der Waals surface area contributed by atoms with E-state index in [4.69, 9.17) is 0 Å². The first-order valence-electron chi connectivity index (χ1n) is 5.23. The Hall–Kier alpha value is -1.26. The zero-order valence-corrected chi connectivity index (χ0v) is 9.89. The van der Waals surface area contributed by atoms with Crippen molar-refractivity contribution in [2.24, 2.45) is 5.92 Å². The van der Waals surface area contributed by atoms with E-state index in [9.17, 15) is 9.59 Å². The zero-order chi connectivity index (χ0) is 11.8. The summed E-state index contributed by atoms with van der Waals surface area (Å²) in [4.78, 5) is 22.3. The van der Waals surface area contributed by atoms with Crippen LogP contribution in [0.1, 0.15) is 27.7 Å². The lowest BCUT2D eigenvalue weighted by Crippen LogP contribution is -2.44. The standard InChI is InChI=1S/C10H21N3O2/c1-7(2)5-11-9(14)6-12-10(15)13-8(3)4/h7-8H,5-6H2,1-4H3,(H,11,14)(H2,12,13,15). The summed E-state index contributed by atoms with van der Waals surface area (Å²) < 4.78 is 0. The molecule has 0 bridgehead atoms. The highest BCUT2D eigenvalue weighted by molar-refractivity contribution is 5.83. The van der Waals surface area contributed by atoms with Crippen LogP contribution in [0.3, 0.4) is 0 Å². The van der Waals surface area contributed by atoms with E-state index in [0.29, 0.717) is 12.5 Å². The highest BCUT2D eigenvalue weighted by Crippen LogP contribution is 1.86. The first-order chi connectivity index (χ1) is 6.91. The largest absolute Gasteiger partial charge is 0.354 e. The monoisotopic (exact) mass is 215 g/mol. The fourth-order valence-electron chi connectivity index (χ4n) is 0.854. The fraction of sp³-hybridized carbons (Fsp3) is 0.800. The van der Waals surface area contributed by atoms with Crippen LogP contribution in [0.2, 0.25) is 0 Å². The number of carbonyl (C=O) groups is 2. The minimum atomic E-state index is -0.315. The van der Waals surface area contributed by atoms with Crippen molar-refractivity contribution < 1.29 is 9.59 Å². The normalized spacial score (nSPS) is 10.3. The molecule has 0 saturated carbocycles. The molecule has 0 spiro atoms. The highest BCUT2D eigenvalue weighted by atomic mass is 16.2. The average molecular weight is 215 g/mol. The molecule has 0 aliphatic carbocycles. The molecule has 0 aliphatic rings. The molecule has 15 heavy (non-hydrogen) atoms. The number of urea groups is 1. The Kier molecular flexibility index (Phi) is 6.49. The summed E-state index contributed by atoms with van der Waals surface area (Å²) in [7, 11) is 0. The van der Waals surface area contributed by atoms with Gasteiger partial charge in [0, 0.05) is 12.6 Å². The van der Waals surface area contributed by atoms with Crippen molar-refractivity contribution in [3.63, 3.8) is 0 Å². The molecule has 0 radical (unpaired) electrons. The highest BCUT2D eigenvalue weighted by Gasteiger charge is 2.05. The van der Waals surface area contributed by atoms with Crippen LogP contribution in [0.5, 0.6) is 0 Å². The molecule has 3 N–H and O–H groups in total. The second-order valence-electron chi connectivity index (χ2n) is 4.18. The van der Waals surface area contributed by atoms with Crippen LogP contribution < -0.4 is 16.0 Å². The number of amides is 3. The summed E-state index contributed by atoms with van der Waals surface area (Å²) in [6, 6.07) is -0.242. The van der Waals surface area contributed by atoms with Gasteiger partial charge in [0.05, 0.1) is 6.54 Å². The summed E-state index contributed by atoms with van der Waals surface area (Å²) in [5.41, 5.74) is 0. The van der Waals surface area contributed by atoms with Crippen LogP contribution in [0, 0.1) is 5.92 Å². The lowest BCUT2D eigenvalue weighted by atomic mass is 10.2. The number of hydrogen-bond donors (Lipinski definition) is 3. The molecule has 0 aromatic heterocycles. The van der Waals surface area contributed by atoms with Gasteiger partial charge in [0.2, 0.25) is 5.91 Å². The third-order valence-corrected chi connectivity index (χ3v) is 1.54. The van der Waals surface area contributed by atoms with E-state index < -0.39 is 0 Å². The van der Waals surface area contributed by atoms with Gasteiger partial charge in [-0.25, -0.2) is 4.79 Å². The second-order valence-corrected chi connectivity index (χ2v) is 4.18. The van der Waals surface area contributed by atoms with E-state index in [1.54, 1.807) is 0 Å². The van der Waals surface area contributed by atoms with E-state index in [0.717, 1.165) is 0 Å². The van der Waals surface area contributed by atoms with Crippen molar-refractivity contribution in [3.8, 4) is 0 Å². The van der Waals surface area contributed by atoms with Crippen LogP contribution in [0.15, 0.2) is 0 Å².